The van der Waals surface area contributed by atoms with E-state index >= 15 is 0 Å². The van der Waals surface area contributed by atoms with Crippen molar-refractivity contribution in [1.29, 1.82) is 0 Å². The lowest BCUT2D eigenvalue weighted by atomic mass is 9.88. The van der Waals surface area contributed by atoms with Crippen LogP contribution in [0.1, 0.15) is 41.9 Å². The number of pyridine rings is 1. The van der Waals surface area contributed by atoms with Gasteiger partial charge in [-0.1, -0.05) is 12.5 Å². The molecule has 2 aliphatic rings. The first-order valence-corrected chi connectivity index (χ1v) is 7.49. The van der Waals surface area contributed by atoms with Crippen LogP contribution in [-0.2, 0) is 6.54 Å². The third-order valence-corrected chi connectivity index (χ3v) is 4.89. The highest BCUT2D eigenvalue weighted by Crippen LogP contribution is 2.48. The Kier molecular flexibility index (Phi) is 3.74. The molecule has 108 valence electrons. The Labute approximate surface area is 119 Å². The third-order valence-electron chi connectivity index (χ3n) is 4.89. The van der Waals surface area contributed by atoms with E-state index in [1.165, 1.54) is 25.7 Å². The summed E-state index contributed by atoms with van der Waals surface area (Å²) in [5.74, 6) is 1.79. The zero-order chi connectivity index (χ0) is 14.1. The highest BCUT2D eigenvalue weighted by atomic mass is 16.4. The molecule has 0 radical (unpaired) electrons. The van der Waals surface area contributed by atoms with Crippen LogP contribution in [0.4, 0.5) is 0 Å². The molecule has 1 N–H and O–H groups in total. The molecule has 2 bridgehead atoms. The van der Waals surface area contributed by atoms with Crippen molar-refractivity contribution in [2.24, 2.45) is 17.8 Å². The fourth-order valence-corrected chi connectivity index (χ4v) is 4.03. The van der Waals surface area contributed by atoms with E-state index in [0.29, 0.717) is 0 Å². The van der Waals surface area contributed by atoms with E-state index in [1.54, 1.807) is 12.1 Å². The van der Waals surface area contributed by atoms with Crippen LogP contribution in [0.2, 0.25) is 0 Å². The number of rotatable bonds is 5. The van der Waals surface area contributed by atoms with Gasteiger partial charge in [-0.15, -0.1) is 0 Å². The van der Waals surface area contributed by atoms with Gasteiger partial charge in [0.2, 0.25) is 0 Å². The molecule has 0 amide bonds. The van der Waals surface area contributed by atoms with Gasteiger partial charge in [0.05, 0.1) is 5.69 Å². The zero-order valence-electron chi connectivity index (χ0n) is 12.0. The smallest absolute Gasteiger partial charge is 0.354 e. The average Bonchev–Trinajstić information content (AvgIpc) is 3.01. The van der Waals surface area contributed by atoms with Crippen molar-refractivity contribution >= 4 is 5.97 Å². The van der Waals surface area contributed by atoms with E-state index in [2.05, 4.69) is 16.9 Å². The van der Waals surface area contributed by atoms with Crippen molar-refractivity contribution in [3.8, 4) is 0 Å². The minimum Gasteiger partial charge on any atom is -0.477 e. The molecule has 3 rings (SSSR count). The van der Waals surface area contributed by atoms with Crippen molar-refractivity contribution in [1.82, 2.24) is 9.88 Å². The maximum absolute atomic E-state index is 10.9. The predicted octanol–water partition coefficient (Wildman–Crippen LogP) is 2.65. The maximum atomic E-state index is 10.9. The fraction of sp³-hybridized carbons (Fsp3) is 0.625. The summed E-state index contributed by atoms with van der Waals surface area (Å²) in [6.45, 7) is 1.84. The molecule has 0 spiro atoms. The summed E-state index contributed by atoms with van der Waals surface area (Å²) in [6.07, 6.45) is 5.67. The van der Waals surface area contributed by atoms with Crippen LogP contribution < -0.4 is 0 Å². The summed E-state index contributed by atoms with van der Waals surface area (Å²) in [5, 5.41) is 8.97. The number of carboxylic acid groups (broad SMARTS) is 1. The molecule has 2 fully saturated rings. The molecule has 0 aliphatic heterocycles. The number of nitrogens with zero attached hydrogens (tertiary/aromatic N) is 2. The van der Waals surface area contributed by atoms with Gasteiger partial charge < -0.3 is 10.0 Å². The van der Waals surface area contributed by atoms with Crippen molar-refractivity contribution in [2.75, 3.05) is 13.6 Å². The van der Waals surface area contributed by atoms with Crippen LogP contribution in [0.25, 0.3) is 0 Å². The summed E-state index contributed by atoms with van der Waals surface area (Å²) < 4.78 is 0. The van der Waals surface area contributed by atoms with Gasteiger partial charge in [0.15, 0.2) is 0 Å². The number of aromatic carboxylic acids is 1. The molecule has 4 heteroatoms. The Bertz CT molecular complexity index is 503. The molecule has 0 aromatic carbocycles. The first kappa shape index (κ1) is 13.6. The Morgan fingerprint density at radius 3 is 2.90 bits per heavy atom. The van der Waals surface area contributed by atoms with Gasteiger partial charge in [0, 0.05) is 13.1 Å². The zero-order valence-corrected chi connectivity index (χ0v) is 12.0. The average molecular weight is 274 g/mol. The second kappa shape index (κ2) is 5.52. The quantitative estimate of drug-likeness (QED) is 0.897. The summed E-state index contributed by atoms with van der Waals surface area (Å²) >= 11 is 0. The third kappa shape index (κ3) is 2.85. The SMILES string of the molecule is CN(Cc1cccc(C(=O)O)n1)CC1CC2CCC1C2. The number of carbonyl (C=O) groups is 1. The Hall–Kier alpha value is -1.42. The molecule has 0 saturated heterocycles. The Balaban J connectivity index is 1.57. The number of aromatic nitrogens is 1. The van der Waals surface area contributed by atoms with Gasteiger partial charge in [0.25, 0.3) is 0 Å². The van der Waals surface area contributed by atoms with Crippen molar-refractivity contribution in [3.63, 3.8) is 0 Å². The molecule has 2 saturated carbocycles. The summed E-state index contributed by atoms with van der Waals surface area (Å²) in [4.78, 5) is 17.4. The van der Waals surface area contributed by atoms with Gasteiger partial charge in [-0.3, -0.25) is 0 Å². The number of hydrogen-bond acceptors (Lipinski definition) is 3. The number of carboxylic acids is 1. The lowest BCUT2D eigenvalue weighted by molar-refractivity contribution is 0.0690. The second-order valence-corrected chi connectivity index (χ2v) is 6.45. The van der Waals surface area contributed by atoms with Crippen LogP contribution in [0.3, 0.4) is 0 Å². The van der Waals surface area contributed by atoms with E-state index in [4.69, 9.17) is 5.11 Å². The Morgan fingerprint density at radius 1 is 1.40 bits per heavy atom. The van der Waals surface area contributed by atoms with Crippen LogP contribution in [0.5, 0.6) is 0 Å². The van der Waals surface area contributed by atoms with E-state index < -0.39 is 5.97 Å². The van der Waals surface area contributed by atoms with Gasteiger partial charge in [-0.05, 0) is 56.2 Å². The molecule has 4 nitrogen and oxygen atoms in total. The standard InChI is InChI=1S/C16H22N2O2/c1-18(9-13-8-11-5-6-12(13)7-11)10-14-3-2-4-15(17-14)16(19)20/h2-4,11-13H,5-10H2,1H3,(H,19,20). The molecule has 3 unspecified atom stereocenters. The highest BCUT2D eigenvalue weighted by molar-refractivity contribution is 5.85. The monoisotopic (exact) mass is 274 g/mol. The molecule has 1 aromatic heterocycles. The molecule has 3 atom stereocenters. The van der Waals surface area contributed by atoms with Crippen LogP contribution >= 0.6 is 0 Å². The molecular formula is C16H22N2O2. The summed E-state index contributed by atoms with van der Waals surface area (Å²) in [6, 6.07) is 5.22. The van der Waals surface area contributed by atoms with Crippen molar-refractivity contribution in [2.45, 2.75) is 32.2 Å². The molecule has 1 aromatic rings. The first-order valence-electron chi connectivity index (χ1n) is 7.49. The molecule has 1 heterocycles. The lowest BCUT2D eigenvalue weighted by Gasteiger charge is -2.27. The maximum Gasteiger partial charge on any atom is 0.354 e. The number of hydrogen-bond donors (Lipinski definition) is 1. The predicted molar refractivity (Wildman–Crippen MR) is 76.5 cm³/mol. The van der Waals surface area contributed by atoms with Crippen molar-refractivity contribution < 1.29 is 9.90 Å². The Morgan fingerprint density at radius 2 is 2.25 bits per heavy atom. The largest absolute Gasteiger partial charge is 0.477 e. The summed E-state index contributed by atoms with van der Waals surface area (Å²) in [5.41, 5.74) is 0.978. The minimum atomic E-state index is -0.956. The van der Waals surface area contributed by atoms with E-state index in [0.717, 1.165) is 36.5 Å². The second-order valence-electron chi connectivity index (χ2n) is 6.45. The molecule has 20 heavy (non-hydrogen) atoms. The van der Waals surface area contributed by atoms with Gasteiger partial charge in [-0.2, -0.15) is 0 Å². The van der Waals surface area contributed by atoms with Gasteiger partial charge >= 0.3 is 5.97 Å². The van der Waals surface area contributed by atoms with Crippen LogP contribution in [0, 0.1) is 17.8 Å². The topological polar surface area (TPSA) is 53.4 Å². The number of fused-ring (bicyclic) bond motifs is 2. The normalized spacial score (nSPS) is 28.2. The molecular weight excluding hydrogens is 252 g/mol. The van der Waals surface area contributed by atoms with Gasteiger partial charge in [-0.25, -0.2) is 9.78 Å². The van der Waals surface area contributed by atoms with Crippen LogP contribution in [0.15, 0.2) is 18.2 Å². The highest BCUT2D eigenvalue weighted by Gasteiger charge is 2.39. The van der Waals surface area contributed by atoms with E-state index in [9.17, 15) is 4.79 Å². The first-order chi connectivity index (χ1) is 9.61. The van der Waals surface area contributed by atoms with Crippen molar-refractivity contribution in [3.05, 3.63) is 29.6 Å². The van der Waals surface area contributed by atoms with E-state index in [-0.39, 0.29) is 5.69 Å². The fourth-order valence-electron chi connectivity index (χ4n) is 4.03. The lowest BCUT2D eigenvalue weighted by Crippen LogP contribution is -2.28. The van der Waals surface area contributed by atoms with E-state index in [1.807, 2.05) is 6.07 Å². The van der Waals surface area contributed by atoms with Gasteiger partial charge in [0.1, 0.15) is 5.69 Å². The minimum absolute atomic E-state index is 0.135. The summed E-state index contributed by atoms with van der Waals surface area (Å²) in [7, 11) is 2.11. The molecule has 2 aliphatic carbocycles. The van der Waals surface area contributed by atoms with Crippen LogP contribution in [-0.4, -0.2) is 34.6 Å².